The van der Waals surface area contributed by atoms with E-state index >= 15 is 0 Å². The van der Waals surface area contributed by atoms with Gasteiger partial charge in [0.1, 0.15) is 5.60 Å². The van der Waals surface area contributed by atoms with Crippen molar-refractivity contribution >= 4 is 17.7 Å². The number of carboxylic acids is 1. The Kier molecular flexibility index (Phi) is 6.94. The fourth-order valence-corrected chi connectivity index (χ4v) is 2.26. The van der Waals surface area contributed by atoms with E-state index in [4.69, 9.17) is 9.84 Å². The molecule has 0 saturated heterocycles. The lowest BCUT2D eigenvalue weighted by atomic mass is 9.92. The highest BCUT2D eigenvalue weighted by Crippen LogP contribution is 2.25. The van der Waals surface area contributed by atoms with Crippen LogP contribution < -0.4 is 0 Å². The van der Waals surface area contributed by atoms with E-state index in [9.17, 15) is 19.7 Å². The third-order valence-electron chi connectivity index (χ3n) is 3.67. The van der Waals surface area contributed by atoms with Gasteiger partial charge in [-0.25, -0.2) is 9.59 Å². The predicted molar refractivity (Wildman–Crippen MR) is 101 cm³/mol. The molecule has 0 radical (unpaired) electrons. The van der Waals surface area contributed by atoms with Crippen LogP contribution in [0.4, 0.5) is 10.5 Å². The Morgan fingerprint density at radius 3 is 2.22 bits per heavy atom. The summed E-state index contributed by atoms with van der Waals surface area (Å²) in [5.41, 5.74) is -0.930. The van der Waals surface area contributed by atoms with E-state index < -0.39 is 22.6 Å². The number of amides is 1. The highest BCUT2D eigenvalue weighted by atomic mass is 16.6. The first-order chi connectivity index (χ1) is 12.2. The maximum absolute atomic E-state index is 12.6. The topological polar surface area (TPSA) is 110 Å². The molecule has 0 spiro atoms. The Labute approximate surface area is 159 Å². The molecule has 1 rings (SSSR count). The number of hydrogen-bond donors (Lipinski definition) is 1. The Balaban J connectivity index is 3.22. The van der Waals surface area contributed by atoms with Gasteiger partial charge in [-0.2, -0.15) is 0 Å². The molecule has 1 aromatic rings. The number of nitro benzene ring substituents is 1. The molecule has 0 aliphatic rings. The Hall–Kier alpha value is -2.64. The molecule has 27 heavy (non-hydrogen) atoms. The Morgan fingerprint density at radius 2 is 1.78 bits per heavy atom. The summed E-state index contributed by atoms with van der Waals surface area (Å²) in [6.07, 6.45) is 0.0559. The number of rotatable bonds is 6. The molecule has 0 unspecified atom stereocenters. The Bertz CT molecular complexity index is 716. The van der Waals surface area contributed by atoms with E-state index in [-0.39, 0.29) is 28.8 Å². The highest BCUT2D eigenvalue weighted by molar-refractivity contribution is 5.88. The van der Waals surface area contributed by atoms with Crippen molar-refractivity contribution in [2.45, 2.75) is 60.1 Å². The van der Waals surface area contributed by atoms with E-state index in [1.54, 1.807) is 20.8 Å². The van der Waals surface area contributed by atoms with E-state index in [2.05, 4.69) is 0 Å². The molecule has 8 nitrogen and oxygen atoms in total. The molecule has 0 aliphatic heterocycles. The average molecular weight is 380 g/mol. The number of nitrogens with zero attached hydrogens (tertiary/aromatic N) is 2. The SMILES string of the molecule is CC(C)(C)CCN(Cc1cc(C(=O)O)ccc1[N+](=O)[O-])C(=O)OC(C)(C)C. The van der Waals surface area contributed by atoms with Gasteiger partial charge in [0.05, 0.1) is 22.6 Å². The molecular formula is C19H28N2O6. The molecule has 0 aromatic heterocycles. The summed E-state index contributed by atoms with van der Waals surface area (Å²) in [4.78, 5) is 35.9. The lowest BCUT2D eigenvalue weighted by Crippen LogP contribution is -2.38. The van der Waals surface area contributed by atoms with Crippen molar-refractivity contribution in [3.63, 3.8) is 0 Å². The van der Waals surface area contributed by atoms with Crippen molar-refractivity contribution in [3.8, 4) is 0 Å². The van der Waals surface area contributed by atoms with Crippen molar-refractivity contribution < 1.29 is 24.4 Å². The summed E-state index contributed by atoms with van der Waals surface area (Å²) in [7, 11) is 0. The van der Waals surface area contributed by atoms with Gasteiger partial charge in [-0.05, 0) is 44.7 Å². The van der Waals surface area contributed by atoms with Crippen LogP contribution >= 0.6 is 0 Å². The van der Waals surface area contributed by atoms with Crippen LogP contribution in [0.2, 0.25) is 0 Å². The van der Waals surface area contributed by atoms with Gasteiger partial charge in [-0.3, -0.25) is 10.1 Å². The van der Waals surface area contributed by atoms with Gasteiger partial charge in [-0.1, -0.05) is 20.8 Å². The number of nitro groups is 1. The maximum atomic E-state index is 12.6. The predicted octanol–water partition coefficient (Wildman–Crippen LogP) is 4.47. The average Bonchev–Trinajstić information content (AvgIpc) is 2.48. The second kappa shape index (κ2) is 8.37. The summed E-state index contributed by atoms with van der Waals surface area (Å²) in [5, 5.41) is 20.5. The lowest BCUT2D eigenvalue weighted by Gasteiger charge is -2.29. The van der Waals surface area contributed by atoms with Crippen molar-refractivity contribution in [3.05, 3.63) is 39.4 Å². The minimum atomic E-state index is -1.19. The zero-order valence-corrected chi connectivity index (χ0v) is 16.7. The number of ether oxygens (including phenoxy) is 1. The number of carbonyl (C=O) groups is 2. The number of hydrogen-bond acceptors (Lipinski definition) is 5. The second-order valence-corrected chi connectivity index (χ2v) is 8.62. The zero-order chi connectivity index (χ0) is 21.0. The van der Waals surface area contributed by atoms with Crippen LogP contribution in [0, 0.1) is 15.5 Å². The smallest absolute Gasteiger partial charge is 0.410 e. The van der Waals surface area contributed by atoms with Gasteiger partial charge >= 0.3 is 12.1 Å². The largest absolute Gasteiger partial charge is 0.478 e. The van der Waals surface area contributed by atoms with Crippen LogP contribution in [0.5, 0.6) is 0 Å². The van der Waals surface area contributed by atoms with Gasteiger partial charge in [-0.15, -0.1) is 0 Å². The third-order valence-corrected chi connectivity index (χ3v) is 3.67. The molecule has 0 heterocycles. The van der Waals surface area contributed by atoms with E-state index in [1.165, 1.54) is 17.0 Å². The van der Waals surface area contributed by atoms with Crippen molar-refractivity contribution in [2.24, 2.45) is 5.41 Å². The molecule has 0 atom stereocenters. The van der Waals surface area contributed by atoms with Crippen LogP contribution in [-0.4, -0.2) is 39.1 Å². The molecule has 1 N–H and O–H groups in total. The summed E-state index contributed by atoms with van der Waals surface area (Å²) >= 11 is 0. The molecule has 1 aromatic carbocycles. The fraction of sp³-hybridized carbons (Fsp3) is 0.579. The van der Waals surface area contributed by atoms with Crippen LogP contribution in [0.25, 0.3) is 0 Å². The first-order valence-electron chi connectivity index (χ1n) is 8.68. The minimum absolute atomic E-state index is 0.0604. The third kappa shape index (κ3) is 7.64. The summed E-state index contributed by atoms with van der Waals surface area (Å²) in [5.74, 6) is -1.19. The number of carboxylic acid groups (broad SMARTS) is 1. The summed E-state index contributed by atoms with van der Waals surface area (Å²) < 4.78 is 5.42. The summed E-state index contributed by atoms with van der Waals surface area (Å²) in [6, 6.07) is 3.56. The molecule has 1 amide bonds. The van der Waals surface area contributed by atoms with Crippen LogP contribution in [0.1, 0.15) is 63.9 Å². The van der Waals surface area contributed by atoms with Gasteiger partial charge in [0.2, 0.25) is 0 Å². The normalized spacial score (nSPS) is 11.8. The highest BCUT2D eigenvalue weighted by Gasteiger charge is 2.26. The molecule has 0 bridgehead atoms. The molecule has 8 heteroatoms. The zero-order valence-electron chi connectivity index (χ0n) is 16.7. The maximum Gasteiger partial charge on any atom is 0.410 e. The summed E-state index contributed by atoms with van der Waals surface area (Å²) in [6.45, 7) is 11.5. The van der Waals surface area contributed by atoms with E-state index in [0.29, 0.717) is 13.0 Å². The molecule has 0 aliphatic carbocycles. The van der Waals surface area contributed by atoms with Crippen molar-refractivity contribution in [1.29, 1.82) is 0 Å². The first-order valence-corrected chi connectivity index (χ1v) is 8.68. The lowest BCUT2D eigenvalue weighted by molar-refractivity contribution is -0.385. The number of aromatic carboxylic acids is 1. The molecule has 0 saturated carbocycles. The molecular weight excluding hydrogens is 352 g/mol. The quantitative estimate of drug-likeness (QED) is 0.576. The molecule has 0 fully saturated rings. The Morgan fingerprint density at radius 1 is 1.19 bits per heavy atom. The van der Waals surface area contributed by atoms with Crippen LogP contribution in [0.15, 0.2) is 18.2 Å². The van der Waals surface area contributed by atoms with Crippen molar-refractivity contribution in [1.82, 2.24) is 4.90 Å². The molecule has 150 valence electrons. The van der Waals surface area contributed by atoms with Gasteiger partial charge in [0.15, 0.2) is 0 Å². The van der Waals surface area contributed by atoms with Gasteiger partial charge < -0.3 is 14.7 Å². The number of carbonyl (C=O) groups excluding carboxylic acids is 1. The van der Waals surface area contributed by atoms with Crippen molar-refractivity contribution in [2.75, 3.05) is 6.54 Å². The minimum Gasteiger partial charge on any atom is -0.478 e. The van der Waals surface area contributed by atoms with E-state index in [0.717, 1.165) is 6.07 Å². The standard InChI is InChI=1S/C19H28N2O6/c1-18(2,3)9-10-20(17(24)27-19(4,5)6)12-14-11-13(16(22)23)7-8-15(14)21(25)26/h7-8,11H,9-10,12H2,1-6H3,(H,22,23). The van der Waals surface area contributed by atoms with E-state index in [1.807, 2.05) is 20.8 Å². The van der Waals surface area contributed by atoms with Crippen LogP contribution in [-0.2, 0) is 11.3 Å². The van der Waals surface area contributed by atoms with Gasteiger partial charge in [0.25, 0.3) is 5.69 Å². The monoisotopic (exact) mass is 380 g/mol. The fourth-order valence-electron chi connectivity index (χ4n) is 2.26. The van der Waals surface area contributed by atoms with Crippen LogP contribution in [0.3, 0.4) is 0 Å². The van der Waals surface area contributed by atoms with Gasteiger partial charge in [0, 0.05) is 12.6 Å². The first kappa shape index (κ1) is 22.4. The second-order valence-electron chi connectivity index (χ2n) is 8.62. The number of benzene rings is 1.